The van der Waals surface area contributed by atoms with Crippen LogP contribution in [0.4, 0.5) is 5.69 Å². The number of rotatable bonds is 4. The molecule has 0 aliphatic heterocycles. The largest absolute Gasteiger partial charge is 0.342 e. The number of imidazole rings is 1. The van der Waals surface area contributed by atoms with E-state index in [9.17, 15) is 4.79 Å². The molecule has 1 aromatic carbocycles. The maximum Gasteiger partial charge on any atom is 0.257 e. The third kappa shape index (κ3) is 2.83. The second-order valence-corrected chi connectivity index (χ2v) is 7.76. The molecule has 3 heterocycles. The topological polar surface area (TPSA) is 88.5 Å². The summed E-state index contributed by atoms with van der Waals surface area (Å²) in [5.41, 5.74) is 3.92. The predicted octanol–water partition coefficient (Wildman–Crippen LogP) is 4.41. The van der Waals surface area contributed by atoms with Crippen molar-refractivity contribution in [3.63, 3.8) is 0 Å². The van der Waals surface area contributed by atoms with E-state index in [4.69, 9.17) is 0 Å². The fourth-order valence-electron chi connectivity index (χ4n) is 3.63. The van der Waals surface area contributed by atoms with Gasteiger partial charge in [-0.05, 0) is 51.0 Å². The highest BCUT2D eigenvalue weighted by Gasteiger charge is 2.22. The zero-order chi connectivity index (χ0) is 19.3. The number of nitrogens with zero attached hydrogens (tertiary/aromatic N) is 4. The number of H-pyrrole nitrogens is 1. The van der Waals surface area contributed by atoms with Gasteiger partial charge in [0.2, 0.25) is 0 Å². The highest BCUT2D eigenvalue weighted by Crippen LogP contribution is 2.35. The standard InChI is InChI=1S/C21H22N6O/c1-12(2)27-20-14(11-23-27)8-15(10-22-20)21(28)24-16-6-7-17-18(9-16)26-19(25-17)13-4-3-5-13/h6-13H,3-5H2,1-2H3,(H,24,28)(H,25,26). The molecule has 0 atom stereocenters. The Morgan fingerprint density at radius 2 is 2.11 bits per heavy atom. The molecule has 3 aromatic heterocycles. The van der Waals surface area contributed by atoms with Crippen molar-refractivity contribution in [1.29, 1.82) is 0 Å². The van der Waals surface area contributed by atoms with Crippen LogP contribution in [0.15, 0.2) is 36.7 Å². The fraction of sp³-hybridized carbons (Fsp3) is 0.333. The Kier molecular flexibility index (Phi) is 3.89. The third-order valence-corrected chi connectivity index (χ3v) is 5.43. The number of hydrogen-bond donors (Lipinski definition) is 2. The Morgan fingerprint density at radius 3 is 2.86 bits per heavy atom. The van der Waals surface area contributed by atoms with E-state index in [2.05, 4.69) is 39.2 Å². The normalized spacial score (nSPS) is 14.7. The van der Waals surface area contributed by atoms with Gasteiger partial charge in [-0.1, -0.05) is 6.42 Å². The van der Waals surface area contributed by atoms with Gasteiger partial charge >= 0.3 is 0 Å². The van der Waals surface area contributed by atoms with Crippen molar-refractivity contribution in [3.05, 3.63) is 48.0 Å². The summed E-state index contributed by atoms with van der Waals surface area (Å²) < 4.78 is 1.85. The summed E-state index contributed by atoms with van der Waals surface area (Å²) in [6, 6.07) is 7.81. The van der Waals surface area contributed by atoms with Crippen LogP contribution in [0.3, 0.4) is 0 Å². The summed E-state index contributed by atoms with van der Waals surface area (Å²) in [4.78, 5) is 25.2. The molecule has 0 unspecified atom stereocenters. The summed E-state index contributed by atoms with van der Waals surface area (Å²) >= 11 is 0. The fourth-order valence-corrected chi connectivity index (χ4v) is 3.63. The first-order valence-electron chi connectivity index (χ1n) is 9.73. The molecule has 1 fully saturated rings. The average Bonchev–Trinajstić information content (AvgIpc) is 3.22. The van der Waals surface area contributed by atoms with Crippen molar-refractivity contribution in [2.24, 2.45) is 0 Å². The molecule has 5 rings (SSSR count). The molecule has 0 spiro atoms. The van der Waals surface area contributed by atoms with E-state index in [1.54, 1.807) is 12.4 Å². The van der Waals surface area contributed by atoms with Gasteiger partial charge in [-0.2, -0.15) is 5.10 Å². The number of carbonyl (C=O) groups excluding carboxylic acids is 1. The van der Waals surface area contributed by atoms with Gasteiger partial charge in [0.05, 0.1) is 22.8 Å². The van der Waals surface area contributed by atoms with Crippen LogP contribution < -0.4 is 5.32 Å². The van der Waals surface area contributed by atoms with Gasteiger partial charge < -0.3 is 10.3 Å². The van der Waals surface area contributed by atoms with E-state index in [-0.39, 0.29) is 11.9 Å². The van der Waals surface area contributed by atoms with E-state index < -0.39 is 0 Å². The van der Waals surface area contributed by atoms with Gasteiger partial charge in [-0.25, -0.2) is 14.6 Å². The van der Waals surface area contributed by atoms with Crippen LogP contribution in [0.2, 0.25) is 0 Å². The van der Waals surface area contributed by atoms with Crippen LogP contribution in [0.25, 0.3) is 22.1 Å². The van der Waals surface area contributed by atoms with Crippen molar-refractivity contribution in [2.45, 2.75) is 45.1 Å². The molecule has 0 saturated heterocycles. The van der Waals surface area contributed by atoms with E-state index in [1.165, 1.54) is 19.3 Å². The number of anilines is 1. The van der Waals surface area contributed by atoms with Crippen molar-refractivity contribution in [3.8, 4) is 0 Å². The maximum absolute atomic E-state index is 12.7. The lowest BCUT2D eigenvalue weighted by molar-refractivity contribution is 0.102. The number of aromatic amines is 1. The number of amides is 1. The zero-order valence-corrected chi connectivity index (χ0v) is 15.9. The second kappa shape index (κ2) is 6.44. The van der Waals surface area contributed by atoms with Crippen LogP contribution in [0, 0.1) is 0 Å². The highest BCUT2D eigenvalue weighted by atomic mass is 16.1. The molecule has 28 heavy (non-hydrogen) atoms. The van der Waals surface area contributed by atoms with Gasteiger partial charge in [0.25, 0.3) is 5.91 Å². The lowest BCUT2D eigenvalue weighted by atomic mass is 9.85. The minimum absolute atomic E-state index is 0.190. The number of fused-ring (bicyclic) bond motifs is 2. The molecule has 0 radical (unpaired) electrons. The zero-order valence-electron chi connectivity index (χ0n) is 15.9. The van der Waals surface area contributed by atoms with Crippen LogP contribution in [-0.2, 0) is 0 Å². The summed E-state index contributed by atoms with van der Waals surface area (Å²) in [6.07, 6.45) is 7.02. The number of nitrogens with one attached hydrogen (secondary N) is 2. The van der Waals surface area contributed by atoms with E-state index >= 15 is 0 Å². The quantitative estimate of drug-likeness (QED) is 0.554. The van der Waals surface area contributed by atoms with Crippen LogP contribution in [-0.4, -0.2) is 30.6 Å². The van der Waals surface area contributed by atoms with E-state index in [0.717, 1.165) is 33.6 Å². The van der Waals surface area contributed by atoms with Crippen LogP contribution >= 0.6 is 0 Å². The Morgan fingerprint density at radius 1 is 1.25 bits per heavy atom. The monoisotopic (exact) mass is 374 g/mol. The first kappa shape index (κ1) is 16.9. The van der Waals surface area contributed by atoms with Gasteiger partial charge in [0.15, 0.2) is 5.65 Å². The summed E-state index contributed by atoms with van der Waals surface area (Å²) in [7, 11) is 0. The molecular formula is C21H22N6O. The van der Waals surface area contributed by atoms with Crippen molar-refractivity contribution in [1.82, 2.24) is 24.7 Å². The molecule has 0 bridgehead atoms. The number of carbonyl (C=O) groups is 1. The van der Waals surface area contributed by atoms with Gasteiger partial charge in [-0.15, -0.1) is 0 Å². The first-order chi connectivity index (χ1) is 13.6. The minimum atomic E-state index is -0.190. The van der Waals surface area contributed by atoms with Crippen LogP contribution in [0.1, 0.15) is 61.3 Å². The number of benzene rings is 1. The predicted molar refractivity (Wildman–Crippen MR) is 109 cm³/mol. The lowest BCUT2D eigenvalue weighted by Gasteiger charge is -2.22. The highest BCUT2D eigenvalue weighted by molar-refractivity contribution is 6.06. The molecule has 142 valence electrons. The Labute approximate surface area is 162 Å². The smallest absolute Gasteiger partial charge is 0.257 e. The molecule has 1 amide bonds. The van der Waals surface area contributed by atoms with Crippen molar-refractivity contribution in [2.75, 3.05) is 5.32 Å². The van der Waals surface area contributed by atoms with E-state index in [1.807, 2.05) is 28.9 Å². The molecule has 7 nitrogen and oxygen atoms in total. The summed E-state index contributed by atoms with van der Waals surface area (Å²) in [6.45, 7) is 4.10. The molecule has 7 heteroatoms. The maximum atomic E-state index is 12.7. The SMILES string of the molecule is CC(C)n1ncc2cc(C(=O)Nc3ccc4nc(C5CCC5)[nH]c4c3)cnc21. The van der Waals surface area contributed by atoms with Gasteiger partial charge in [-0.3, -0.25) is 4.79 Å². The third-order valence-electron chi connectivity index (χ3n) is 5.43. The molecule has 4 aromatic rings. The van der Waals surface area contributed by atoms with Crippen LogP contribution in [0.5, 0.6) is 0 Å². The van der Waals surface area contributed by atoms with Gasteiger partial charge in [0, 0.05) is 29.2 Å². The Hall–Kier alpha value is -3.22. The average molecular weight is 374 g/mol. The van der Waals surface area contributed by atoms with Gasteiger partial charge in [0.1, 0.15) is 5.82 Å². The number of aromatic nitrogens is 5. The number of hydrogen-bond acceptors (Lipinski definition) is 4. The minimum Gasteiger partial charge on any atom is -0.342 e. The molecule has 1 aliphatic rings. The number of pyridine rings is 1. The first-order valence-corrected chi connectivity index (χ1v) is 9.73. The van der Waals surface area contributed by atoms with Crippen molar-refractivity contribution < 1.29 is 4.79 Å². The Balaban J connectivity index is 1.39. The Bertz CT molecular complexity index is 1180. The van der Waals surface area contributed by atoms with Crippen molar-refractivity contribution >= 4 is 33.7 Å². The molecule has 2 N–H and O–H groups in total. The lowest BCUT2D eigenvalue weighted by Crippen LogP contribution is -2.12. The van der Waals surface area contributed by atoms with E-state index in [0.29, 0.717) is 11.5 Å². The molecule has 1 aliphatic carbocycles. The summed E-state index contributed by atoms with van der Waals surface area (Å²) in [5, 5.41) is 8.17. The molecular weight excluding hydrogens is 352 g/mol. The molecule has 1 saturated carbocycles. The summed E-state index contributed by atoms with van der Waals surface area (Å²) in [5.74, 6) is 1.42. The second-order valence-electron chi connectivity index (χ2n) is 7.76.